The highest BCUT2D eigenvalue weighted by molar-refractivity contribution is 7.93. The van der Waals surface area contributed by atoms with Crippen LogP contribution < -0.4 is 20.3 Å². The number of hydrogen-bond acceptors (Lipinski definition) is 9. The molecule has 0 radical (unpaired) electrons. The zero-order chi connectivity index (χ0) is 31.3. The molecule has 1 saturated heterocycles. The van der Waals surface area contributed by atoms with E-state index < -0.39 is 40.0 Å². The lowest BCUT2D eigenvalue weighted by Crippen LogP contribution is -2.57. The van der Waals surface area contributed by atoms with Gasteiger partial charge in [0.15, 0.2) is 0 Å². The van der Waals surface area contributed by atoms with E-state index in [1.165, 1.54) is 0 Å². The molecule has 1 aromatic heterocycles. The van der Waals surface area contributed by atoms with Gasteiger partial charge in [-0.15, -0.1) is 0 Å². The van der Waals surface area contributed by atoms with Crippen molar-refractivity contribution in [2.45, 2.75) is 76.9 Å². The molecule has 1 aliphatic heterocycles. The Labute approximate surface area is 256 Å². The summed E-state index contributed by atoms with van der Waals surface area (Å²) in [5.41, 5.74) is 0.934. The Hall–Kier alpha value is -3.36. The van der Waals surface area contributed by atoms with E-state index in [0.717, 1.165) is 56.6 Å². The summed E-state index contributed by atoms with van der Waals surface area (Å²) in [4.78, 5) is 58.9. The van der Waals surface area contributed by atoms with Crippen molar-refractivity contribution in [3.63, 3.8) is 0 Å². The summed E-state index contributed by atoms with van der Waals surface area (Å²) in [5, 5.41) is 8.93. The summed E-state index contributed by atoms with van der Waals surface area (Å²) in [6, 6.07) is 6.92. The standard InChI is InChI=1S/C29H40N6O6S2/c1-18(30-3)25(37)31-24(21-14-9-6-10-15-21)28(39)34-17-11-16-22(34)26(38)33-27-23(20-12-7-5-8-13-20)32-29(42-27)35(19(2)36)43(4,40)41/h5,7-8,12-13,18,21-22,24,30H,6,9-11,14-17H2,1-4H3,(H,31,37)(H,33,38)/t18-,22-,24-/m0/s1. The van der Waals surface area contributed by atoms with Crippen LogP contribution in [-0.2, 0) is 29.2 Å². The van der Waals surface area contributed by atoms with E-state index in [1.807, 2.05) is 6.07 Å². The predicted octanol–water partition coefficient (Wildman–Crippen LogP) is 2.73. The van der Waals surface area contributed by atoms with Gasteiger partial charge in [-0.2, -0.15) is 4.31 Å². The quantitative estimate of drug-likeness (QED) is 0.361. The van der Waals surface area contributed by atoms with Gasteiger partial charge in [0.1, 0.15) is 22.8 Å². The average molecular weight is 633 g/mol. The van der Waals surface area contributed by atoms with Crippen LogP contribution >= 0.6 is 11.3 Å². The summed E-state index contributed by atoms with van der Waals surface area (Å²) < 4.78 is 25.4. The molecule has 4 rings (SSSR count). The fourth-order valence-electron chi connectivity index (χ4n) is 5.72. The van der Waals surface area contributed by atoms with E-state index in [4.69, 9.17) is 0 Å². The molecule has 2 fully saturated rings. The number of sulfonamides is 1. The zero-order valence-electron chi connectivity index (χ0n) is 25.0. The number of carbonyl (C=O) groups is 4. The fourth-order valence-corrected chi connectivity index (χ4v) is 7.97. The van der Waals surface area contributed by atoms with Crippen molar-refractivity contribution in [2.75, 3.05) is 29.5 Å². The van der Waals surface area contributed by atoms with Gasteiger partial charge >= 0.3 is 0 Å². The van der Waals surface area contributed by atoms with Crippen LogP contribution in [0.4, 0.5) is 10.1 Å². The molecule has 234 valence electrons. The first-order valence-corrected chi connectivity index (χ1v) is 17.2. The topological polar surface area (TPSA) is 158 Å². The second-order valence-corrected chi connectivity index (χ2v) is 14.0. The fraction of sp³-hybridized carbons (Fsp3) is 0.552. The summed E-state index contributed by atoms with van der Waals surface area (Å²) in [6.45, 7) is 3.24. The molecule has 0 spiro atoms. The molecule has 14 heteroatoms. The Balaban J connectivity index is 1.62. The number of likely N-dealkylation sites (tertiary alicyclic amines) is 1. The third kappa shape index (κ3) is 7.60. The van der Waals surface area contributed by atoms with Gasteiger partial charge in [-0.25, -0.2) is 13.4 Å². The minimum Gasteiger partial charge on any atom is -0.343 e. The van der Waals surface area contributed by atoms with Crippen LogP contribution in [0.25, 0.3) is 11.3 Å². The molecular formula is C29H40N6O6S2. The van der Waals surface area contributed by atoms with Crippen LogP contribution in [0.1, 0.15) is 58.8 Å². The van der Waals surface area contributed by atoms with Crippen molar-refractivity contribution in [2.24, 2.45) is 5.92 Å². The summed E-state index contributed by atoms with van der Waals surface area (Å²) >= 11 is 0.873. The number of amides is 4. The molecule has 4 amide bonds. The Kier molecular flexibility index (Phi) is 10.6. The number of nitrogens with one attached hydrogen (secondary N) is 3. The third-order valence-electron chi connectivity index (χ3n) is 8.04. The van der Waals surface area contributed by atoms with E-state index in [1.54, 1.807) is 43.1 Å². The van der Waals surface area contributed by atoms with Crippen LogP contribution in [0.5, 0.6) is 0 Å². The van der Waals surface area contributed by atoms with E-state index in [2.05, 4.69) is 20.9 Å². The van der Waals surface area contributed by atoms with E-state index in [-0.39, 0.29) is 27.9 Å². The Morgan fingerprint density at radius 2 is 1.72 bits per heavy atom. The highest BCUT2D eigenvalue weighted by Gasteiger charge is 2.41. The number of benzene rings is 1. The van der Waals surface area contributed by atoms with Gasteiger partial charge in [0.25, 0.3) is 0 Å². The largest absolute Gasteiger partial charge is 0.343 e. The molecule has 3 N–H and O–H groups in total. The number of thiazole rings is 1. The van der Waals surface area contributed by atoms with E-state index in [0.29, 0.717) is 34.9 Å². The van der Waals surface area contributed by atoms with Crippen LogP contribution in [-0.4, -0.2) is 79.9 Å². The van der Waals surface area contributed by atoms with E-state index >= 15 is 0 Å². The monoisotopic (exact) mass is 632 g/mol. The van der Waals surface area contributed by atoms with Crippen LogP contribution in [0.2, 0.25) is 0 Å². The Morgan fingerprint density at radius 1 is 1.05 bits per heavy atom. The maximum absolute atomic E-state index is 14.0. The lowest BCUT2D eigenvalue weighted by atomic mass is 9.83. The van der Waals surface area contributed by atoms with Crippen molar-refractivity contribution in [3.8, 4) is 11.3 Å². The molecule has 0 bridgehead atoms. The average Bonchev–Trinajstić information content (AvgIpc) is 3.63. The number of anilines is 2. The third-order valence-corrected chi connectivity index (χ3v) is 10.2. The first-order chi connectivity index (χ1) is 20.4. The molecule has 2 aromatic rings. The second-order valence-electron chi connectivity index (χ2n) is 11.2. The summed E-state index contributed by atoms with van der Waals surface area (Å²) in [6.07, 6.45) is 6.68. The lowest BCUT2D eigenvalue weighted by molar-refractivity contribution is -0.142. The second kappa shape index (κ2) is 14.0. The lowest BCUT2D eigenvalue weighted by Gasteiger charge is -2.35. The van der Waals surface area contributed by atoms with Crippen molar-refractivity contribution in [3.05, 3.63) is 30.3 Å². The molecule has 1 aromatic carbocycles. The minimum atomic E-state index is -3.98. The van der Waals surface area contributed by atoms with Crippen LogP contribution in [0.3, 0.4) is 0 Å². The number of carbonyl (C=O) groups excluding carboxylic acids is 4. The van der Waals surface area contributed by atoms with Crippen molar-refractivity contribution in [1.82, 2.24) is 20.5 Å². The van der Waals surface area contributed by atoms with Gasteiger partial charge in [0.05, 0.1) is 12.3 Å². The van der Waals surface area contributed by atoms with Gasteiger partial charge < -0.3 is 20.9 Å². The molecule has 2 heterocycles. The minimum absolute atomic E-state index is 0.0131. The maximum Gasteiger partial charge on any atom is 0.247 e. The SMILES string of the molecule is CN[C@@H](C)C(=O)N[C@H](C(=O)N1CCC[C@H]1C(=O)Nc1sc(N(C(C)=O)S(C)(=O)=O)nc1-c1ccccc1)C1CCCCC1. The van der Waals surface area contributed by atoms with Gasteiger partial charge in [0.2, 0.25) is 38.8 Å². The smallest absolute Gasteiger partial charge is 0.247 e. The molecule has 3 atom stereocenters. The number of likely N-dealkylation sites (N-methyl/N-ethyl adjacent to an activating group) is 1. The van der Waals surface area contributed by atoms with Crippen LogP contribution in [0, 0.1) is 5.92 Å². The maximum atomic E-state index is 14.0. The van der Waals surface area contributed by atoms with Crippen molar-refractivity contribution < 1.29 is 27.6 Å². The van der Waals surface area contributed by atoms with Crippen molar-refractivity contribution in [1.29, 1.82) is 0 Å². The van der Waals surface area contributed by atoms with Gasteiger partial charge in [-0.05, 0) is 45.6 Å². The zero-order valence-corrected chi connectivity index (χ0v) is 26.6. The molecule has 43 heavy (non-hydrogen) atoms. The molecule has 2 aliphatic rings. The number of aromatic nitrogens is 1. The molecule has 1 aliphatic carbocycles. The van der Waals surface area contributed by atoms with E-state index in [9.17, 15) is 27.6 Å². The summed E-state index contributed by atoms with van der Waals surface area (Å²) in [7, 11) is -2.30. The molecule has 1 saturated carbocycles. The Bertz CT molecular complexity index is 1440. The predicted molar refractivity (Wildman–Crippen MR) is 166 cm³/mol. The first-order valence-electron chi connectivity index (χ1n) is 14.6. The normalized spacial score (nSPS) is 19.0. The molecular weight excluding hydrogens is 592 g/mol. The Morgan fingerprint density at radius 3 is 2.33 bits per heavy atom. The van der Waals surface area contributed by atoms with Crippen LogP contribution in [0.15, 0.2) is 30.3 Å². The number of hydrogen-bond donors (Lipinski definition) is 3. The highest BCUT2D eigenvalue weighted by atomic mass is 32.2. The molecule has 12 nitrogen and oxygen atoms in total. The first kappa shape index (κ1) is 32.6. The number of rotatable bonds is 10. The highest BCUT2D eigenvalue weighted by Crippen LogP contribution is 2.39. The van der Waals surface area contributed by atoms with Gasteiger partial charge in [-0.3, -0.25) is 19.2 Å². The van der Waals surface area contributed by atoms with Crippen molar-refractivity contribution >= 4 is 55.1 Å². The summed E-state index contributed by atoms with van der Waals surface area (Å²) in [5.74, 6) is -1.72. The van der Waals surface area contributed by atoms with Gasteiger partial charge in [0, 0.05) is 19.0 Å². The van der Waals surface area contributed by atoms with Gasteiger partial charge in [-0.1, -0.05) is 60.9 Å². The number of nitrogens with zero attached hydrogens (tertiary/aromatic N) is 3. The molecule has 0 unspecified atom stereocenters.